The van der Waals surface area contributed by atoms with E-state index < -0.39 is 10.0 Å². The Balaban J connectivity index is 2.02. The topological polar surface area (TPSA) is 71.5 Å². The van der Waals surface area contributed by atoms with Gasteiger partial charge in [-0.25, -0.2) is 13.4 Å². The van der Waals surface area contributed by atoms with Crippen LogP contribution in [0.3, 0.4) is 0 Å². The predicted molar refractivity (Wildman–Crippen MR) is 75.0 cm³/mol. The predicted octanol–water partition coefficient (Wildman–Crippen LogP) is 1.07. The molecule has 0 unspecified atom stereocenters. The van der Waals surface area contributed by atoms with E-state index in [1.807, 2.05) is 13.0 Å². The molecule has 6 nitrogen and oxygen atoms in total. The number of sulfonamides is 1. The van der Waals surface area contributed by atoms with Crippen LogP contribution < -0.4 is 9.62 Å². The number of anilines is 2. The zero-order valence-electron chi connectivity index (χ0n) is 11.0. The Morgan fingerprint density at radius 2 is 2.11 bits per heavy atom. The summed E-state index contributed by atoms with van der Waals surface area (Å²) in [5.74, 6) is 0.972. The van der Waals surface area contributed by atoms with E-state index in [1.54, 1.807) is 12.3 Å². The molecule has 2 heterocycles. The summed E-state index contributed by atoms with van der Waals surface area (Å²) in [6, 6.07) is 3.57. The highest BCUT2D eigenvalue weighted by molar-refractivity contribution is 7.92. The van der Waals surface area contributed by atoms with E-state index in [9.17, 15) is 8.42 Å². The molecule has 0 spiro atoms. The second-order valence-corrected chi connectivity index (χ2v) is 6.27. The highest BCUT2D eigenvalue weighted by Crippen LogP contribution is 2.16. The molecular weight excluding hydrogens is 266 g/mol. The van der Waals surface area contributed by atoms with Crippen LogP contribution in [0, 0.1) is 0 Å². The first-order valence-corrected chi connectivity index (χ1v) is 8.05. The van der Waals surface area contributed by atoms with Gasteiger partial charge in [-0.3, -0.25) is 4.72 Å². The zero-order valence-corrected chi connectivity index (χ0v) is 11.8. The van der Waals surface area contributed by atoms with Crippen molar-refractivity contribution in [3.05, 3.63) is 18.3 Å². The van der Waals surface area contributed by atoms with Crippen molar-refractivity contribution in [1.82, 2.24) is 4.98 Å². The monoisotopic (exact) mass is 285 g/mol. The van der Waals surface area contributed by atoms with Gasteiger partial charge in [0, 0.05) is 13.1 Å². The number of nitrogens with zero attached hydrogens (tertiary/aromatic N) is 2. The van der Waals surface area contributed by atoms with Crippen LogP contribution >= 0.6 is 0 Å². The summed E-state index contributed by atoms with van der Waals surface area (Å²) in [5, 5.41) is 0. The average Bonchev–Trinajstić information content (AvgIpc) is 2.40. The maximum atomic E-state index is 11.6. The van der Waals surface area contributed by atoms with Gasteiger partial charge in [-0.05, 0) is 18.6 Å². The van der Waals surface area contributed by atoms with Gasteiger partial charge in [-0.1, -0.05) is 6.92 Å². The molecule has 0 aromatic carbocycles. The molecule has 0 saturated carbocycles. The first-order chi connectivity index (χ1) is 9.11. The molecule has 0 aliphatic carbocycles. The first-order valence-electron chi connectivity index (χ1n) is 6.40. The van der Waals surface area contributed by atoms with E-state index in [4.69, 9.17) is 4.74 Å². The second kappa shape index (κ2) is 6.21. The fourth-order valence-corrected chi connectivity index (χ4v) is 3.04. The summed E-state index contributed by atoms with van der Waals surface area (Å²) in [5.41, 5.74) is 0.505. The van der Waals surface area contributed by atoms with Crippen molar-refractivity contribution in [2.75, 3.05) is 41.7 Å². The summed E-state index contributed by atoms with van der Waals surface area (Å²) in [4.78, 5) is 6.41. The molecule has 0 amide bonds. The molecule has 1 N–H and O–H groups in total. The third-order valence-electron chi connectivity index (χ3n) is 2.83. The Hall–Kier alpha value is -1.34. The molecule has 7 heteroatoms. The highest BCUT2D eigenvalue weighted by atomic mass is 32.2. The van der Waals surface area contributed by atoms with Gasteiger partial charge in [-0.2, -0.15) is 0 Å². The average molecular weight is 285 g/mol. The Morgan fingerprint density at radius 3 is 2.68 bits per heavy atom. The van der Waals surface area contributed by atoms with Crippen LogP contribution in [0.15, 0.2) is 18.3 Å². The SMILES string of the molecule is CCCS(=O)(=O)Nc1ccc(N2CCOCC2)nc1. The molecular formula is C12H19N3O3S. The van der Waals surface area contributed by atoms with Gasteiger partial charge < -0.3 is 9.64 Å². The van der Waals surface area contributed by atoms with Crippen molar-refractivity contribution in [3.63, 3.8) is 0 Å². The van der Waals surface area contributed by atoms with Crippen LogP contribution in [0.25, 0.3) is 0 Å². The number of rotatable bonds is 5. The van der Waals surface area contributed by atoms with Crippen molar-refractivity contribution < 1.29 is 13.2 Å². The van der Waals surface area contributed by atoms with Crippen molar-refractivity contribution in [1.29, 1.82) is 0 Å². The normalized spacial score (nSPS) is 16.4. The van der Waals surface area contributed by atoms with E-state index in [0.29, 0.717) is 25.3 Å². The van der Waals surface area contributed by atoms with Gasteiger partial charge in [0.05, 0.1) is 30.9 Å². The van der Waals surface area contributed by atoms with Gasteiger partial charge in [-0.15, -0.1) is 0 Å². The van der Waals surface area contributed by atoms with Crippen LogP contribution in [0.5, 0.6) is 0 Å². The number of morpholine rings is 1. The smallest absolute Gasteiger partial charge is 0.232 e. The highest BCUT2D eigenvalue weighted by Gasteiger charge is 2.13. The van der Waals surface area contributed by atoms with E-state index in [2.05, 4.69) is 14.6 Å². The minimum absolute atomic E-state index is 0.123. The largest absolute Gasteiger partial charge is 0.378 e. The molecule has 19 heavy (non-hydrogen) atoms. The molecule has 0 atom stereocenters. The summed E-state index contributed by atoms with van der Waals surface area (Å²) < 4.78 is 31.0. The summed E-state index contributed by atoms with van der Waals surface area (Å²) >= 11 is 0. The van der Waals surface area contributed by atoms with E-state index in [-0.39, 0.29) is 5.75 Å². The van der Waals surface area contributed by atoms with Crippen LogP contribution in [-0.2, 0) is 14.8 Å². The molecule has 0 bridgehead atoms. The molecule has 1 saturated heterocycles. The molecule has 0 radical (unpaired) electrons. The number of hydrogen-bond donors (Lipinski definition) is 1. The standard InChI is InChI=1S/C12H19N3O3S/c1-2-9-19(16,17)14-11-3-4-12(13-10-11)15-5-7-18-8-6-15/h3-4,10,14H,2,5-9H2,1H3. The number of hydrogen-bond acceptors (Lipinski definition) is 5. The number of aromatic nitrogens is 1. The number of pyridine rings is 1. The lowest BCUT2D eigenvalue weighted by atomic mass is 10.3. The first kappa shape index (κ1) is 14.1. The van der Waals surface area contributed by atoms with Crippen LogP contribution in [0.1, 0.15) is 13.3 Å². The lowest BCUT2D eigenvalue weighted by Crippen LogP contribution is -2.36. The van der Waals surface area contributed by atoms with Crippen molar-refractivity contribution in [2.45, 2.75) is 13.3 Å². The van der Waals surface area contributed by atoms with Crippen LogP contribution in [0.4, 0.5) is 11.5 Å². The van der Waals surface area contributed by atoms with Gasteiger partial charge in [0.1, 0.15) is 5.82 Å². The van der Waals surface area contributed by atoms with Crippen LogP contribution in [0.2, 0.25) is 0 Å². The molecule has 1 aromatic rings. The van der Waals surface area contributed by atoms with E-state index >= 15 is 0 Å². The Bertz CT molecular complexity index is 495. The Kier molecular flexibility index (Phi) is 4.60. The van der Waals surface area contributed by atoms with Gasteiger partial charge >= 0.3 is 0 Å². The van der Waals surface area contributed by atoms with Crippen molar-refractivity contribution in [3.8, 4) is 0 Å². The molecule has 1 aromatic heterocycles. The number of ether oxygens (including phenoxy) is 1. The molecule has 1 fully saturated rings. The maximum Gasteiger partial charge on any atom is 0.232 e. The fourth-order valence-electron chi connectivity index (χ4n) is 1.93. The molecule has 106 valence electrons. The van der Waals surface area contributed by atoms with E-state index in [0.717, 1.165) is 18.9 Å². The van der Waals surface area contributed by atoms with Crippen molar-refractivity contribution in [2.24, 2.45) is 0 Å². The van der Waals surface area contributed by atoms with Gasteiger partial charge in [0.25, 0.3) is 0 Å². The lowest BCUT2D eigenvalue weighted by Gasteiger charge is -2.27. The Morgan fingerprint density at radius 1 is 1.37 bits per heavy atom. The summed E-state index contributed by atoms with van der Waals surface area (Å²) in [7, 11) is -3.25. The fraction of sp³-hybridized carbons (Fsp3) is 0.583. The molecule has 1 aliphatic rings. The second-order valence-electron chi connectivity index (χ2n) is 4.43. The van der Waals surface area contributed by atoms with Crippen LogP contribution in [-0.4, -0.2) is 45.5 Å². The third kappa shape index (κ3) is 4.07. The molecule has 1 aliphatic heterocycles. The van der Waals surface area contributed by atoms with E-state index in [1.165, 1.54) is 0 Å². The van der Waals surface area contributed by atoms with Gasteiger partial charge in [0.2, 0.25) is 10.0 Å². The third-order valence-corrected chi connectivity index (χ3v) is 4.32. The maximum absolute atomic E-state index is 11.6. The lowest BCUT2D eigenvalue weighted by molar-refractivity contribution is 0.122. The quantitative estimate of drug-likeness (QED) is 0.876. The van der Waals surface area contributed by atoms with Crippen molar-refractivity contribution >= 4 is 21.5 Å². The minimum Gasteiger partial charge on any atom is -0.378 e. The zero-order chi connectivity index (χ0) is 13.7. The molecule has 2 rings (SSSR count). The van der Waals surface area contributed by atoms with Gasteiger partial charge in [0.15, 0.2) is 0 Å². The summed E-state index contributed by atoms with van der Waals surface area (Å²) in [6.07, 6.45) is 2.15. The summed E-state index contributed by atoms with van der Waals surface area (Å²) in [6.45, 7) is 4.86. The minimum atomic E-state index is -3.25. The number of nitrogens with one attached hydrogen (secondary N) is 1. The Labute approximate surface area is 113 Å².